The molecule has 0 radical (unpaired) electrons. The number of carbonyl (C=O) groups excluding carboxylic acids is 1. The monoisotopic (exact) mass is 421 g/mol. The van der Waals surface area contributed by atoms with Gasteiger partial charge in [-0.2, -0.15) is 13.2 Å². The number of carbonyl (C=O) groups is 1. The Hall–Kier alpha value is -3.41. The second kappa shape index (κ2) is 7.44. The number of hydrogen-bond donors (Lipinski definition) is 2. The molecular formula is C18H18F3N7O2. The van der Waals surface area contributed by atoms with Crippen LogP contribution < -0.4 is 15.8 Å². The second-order valence-electron chi connectivity index (χ2n) is 6.96. The van der Waals surface area contributed by atoms with Crippen LogP contribution in [0.4, 0.5) is 24.7 Å². The number of fused-ring (bicyclic) bond motifs is 1. The van der Waals surface area contributed by atoms with Gasteiger partial charge in [0.25, 0.3) is 5.91 Å². The van der Waals surface area contributed by atoms with Crippen LogP contribution in [0.15, 0.2) is 30.7 Å². The number of pyridine rings is 1. The van der Waals surface area contributed by atoms with E-state index in [-0.39, 0.29) is 28.8 Å². The highest BCUT2D eigenvalue weighted by atomic mass is 19.4. The van der Waals surface area contributed by atoms with Crippen molar-refractivity contribution in [3.05, 3.63) is 42.0 Å². The van der Waals surface area contributed by atoms with Crippen molar-refractivity contribution in [3.8, 4) is 5.75 Å². The van der Waals surface area contributed by atoms with Crippen LogP contribution in [0.3, 0.4) is 0 Å². The molecule has 4 rings (SSSR count). The number of hydrogen-bond acceptors (Lipinski definition) is 7. The first-order valence-electron chi connectivity index (χ1n) is 9.05. The van der Waals surface area contributed by atoms with Crippen molar-refractivity contribution >= 4 is 23.1 Å². The third-order valence-corrected chi connectivity index (χ3v) is 4.70. The molecule has 1 saturated heterocycles. The maximum atomic E-state index is 13.0. The van der Waals surface area contributed by atoms with Crippen LogP contribution in [-0.2, 0) is 6.18 Å². The molecule has 3 aromatic heterocycles. The Balaban J connectivity index is 1.63. The minimum Gasteiger partial charge on any atom is -0.487 e. The minimum absolute atomic E-state index is 0.0499. The lowest BCUT2D eigenvalue weighted by atomic mass is 10.2. The van der Waals surface area contributed by atoms with Gasteiger partial charge < -0.3 is 20.7 Å². The summed E-state index contributed by atoms with van der Waals surface area (Å²) in [4.78, 5) is 22.5. The molecule has 3 N–H and O–H groups in total. The van der Waals surface area contributed by atoms with Crippen molar-refractivity contribution in [1.82, 2.24) is 24.5 Å². The number of ether oxygens (including phenoxy) is 1. The molecule has 1 fully saturated rings. The van der Waals surface area contributed by atoms with E-state index in [0.29, 0.717) is 5.75 Å². The SMILES string of the molecule is CN1CC[C@H](Oc2ccncc2NC(=O)c2c(N)nn3ccc(C(F)(F)F)nc23)C1. The predicted octanol–water partition coefficient (Wildman–Crippen LogP) is 2.06. The zero-order valence-corrected chi connectivity index (χ0v) is 15.8. The Bertz CT molecular complexity index is 1100. The van der Waals surface area contributed by atoms with E-state index in [9.17, 15) is 18.0 Å². The van der Waals surface area contributed by atoms with Gasteiger partial charge >= 0.3 is 6.18 Å². The molecule has 0 unspecified atom stereocenters. The van der Waals surface area contributed by atoms with Crippen LogP contribution in [0.1, 0.15) is 22.5 Å². The van der Waals surface area contributed by atoms with E-state index >= 15 is 0 Å². The molecule has 1 aliphatic heterocycles. The van der Waals surface area contributed by atoms with Crippen LogP contribution in [-0.4, -0.2) is 56.6 Å². The Morgan fingerprint density at radius 2 is 2.17 bits per heavy atom. The fourth-order valence-electron chi connectivity index (χ4n) is 3.26. The van der Waals surface area contributed by atoms with E-state index in [2.05, 4.69) is 25.3 Å². The van der Waals surface area contributed by atoms with Crippen LogP contribution >= 0.6 is 0 Å². The Kier molecular flexibility index (Phi) is 4.94. The zero-order valence-electron chi connectivity index (χ0n) is 15.8. The lowest BCUT2D eigenvalue weighted by Gasteiger charge is -2.16. The number of likely N-dealkylation sites (tertiary alicyclic amines) is 1. The van der Waals surface area contributed by atoms with Gasteiger partial charge in [0, 0.05) is 31.5 Å². The van der Waals surface area contributed by atoms with Gasteiger partial charge in [0.1, 0.15) is 28.8 Å². The molecule has 4 heterocycles. The summed E-state index contributed by atoms with van der Waals surface area (Å²) < 4.78 is 46.1. The summed E-state index contributed by atoms with van der Waals surface area (Å²) in [6.07, 6.45) is 0.0662. The van der Waals surface area contributed by atoms with E-state index in [1.165, 1.54) is 12.4 Å². The number of nitrogens with zero attached hydrogens (tertiary/aromatic N) is 5. The van der Waals surface area contributed by atoms with Crippen molar-refractivity contribution in [1.29, 1.82) is 0 Å². The highest BCUT2D eigenvalue weighted by Crippen LogP contribution is 2.30. The zero-order chi connectivity index (χ0) is 21.5. The van der Waals surface area contributed by atoms with Crippen LogP contribution in [0, 0.1) is 0 Å². The molecular weight excluding hydrogens is 403 g/mol. The maximum Gasteiger partial charge on any atom is 0.433 e. The fourth-order valence-corrected chi connectivity index (χ4v) is 3.26. The standard InChI is InChI=1S/C18H18F3N7O2/c1-27-6-3-10(9-27)30-12-2-5-23-8-11(12)24-17(29)14-15(22)26-28-7-4-13(18(19,20)21)25-16(14)28/h2,4-5,7-8,10H,3,6,9H2,1H3,(H2,22,26)(H,24,29)/t10-/m0/s1. The van der Waals surface area contributed by atoms with E-state index in [0.717, 1.165) is 36.3 Å². The molecule has 0 saturated carbocycles. The van der Waals surface area contributed by atoms with Crippen LogP contribution in [0.25, 0.3) is 5.65 Å². The molecule has 0 aliphatic carbocycles. The van der Waals surface area contributed by atoms with Crippen LogP contribution in [0.2, 0.25) is 0 Å². The lowest BCUT2D eigenvalue weighted by Crippen LogP contribution is -2.22. The number of rotatable bonds is 4. The average molecular weight is 421 g/mol. The quantitative estimate of drug-likeness (QED) is 0.663. The molecule has 3 aromatic rings. The van der Waals surface area contributed by atoms with E-state index in [1.807, 2.05) is 7.05 Å². The number of likely N-dealkylation sites (N-methyl/N-ethyl adjacent to an activating group) is 1. The molecule has 1 atom stereocenters. The average Bonchev–Trinajstić information content (AvgIpc) is 3.23. The highest BCUT2D eigenvalue weighted by molar-refractivity contribution is 6.12. The Morgan fingerprint density at radius 3 is 2.87 bits per heavy atom. The molecule has 0 spiro atoms. The summed E-state index contributed by atoms with van der Waals surface area (Å²) in [7, 11) is 1.98. The van der Waals surface area contributed by atoms with Gasteiger partial charge in [-0.3, -0.25) is 9.78 Å². The van der Waals surface area contributed by atoms with Crippen molar-refractivity contribution < 1.29 is 22.7 Å². The first-order chi connectivity index (χ1) is 14.2. The van der Waals surface area contributed by atoms with Gasteiger partial charge in [0.05, 0.1) is 6.20 Å². The Labute approximate surface area is 168 Å². The van der Waals surface area contributed by atoms with Gasteiger partial charge in [-0.25, -0.2) is 9.50 Å². The lowest BCUT2D eigenvalue weighted by molar-refractivity contribution is -0.141. The van der Waals surface area contributed by atoms with Gasteiger partial charge in [-0.1, -0.05) is 0 Å². The molecule has 1 aliphatic rings. The summed E-state index contributed by atoms with van der Waals surface area (Å²) in [5.74, 6) is -0.614. The molecule has 0 aromatic carbocycles. The number of anilines is 2. The summed E-state index contributed by atoms with van der Waals surface area (Å²) >= 11 is 0. The molecule has 30 heavy (non-hydrogen) atoms. The van der Waals surface area contributed by atoms with Crippen LogP contribution in [0.5, 0.6) is 5.75 Å². The second-order valence-corrected chi connectivity index (χ2v) is 6.96. The number of nitrogens with one attached hydrogen (secondary N) is 1. The van der Waals surface area contributed by atoms with Crippen molar-refractivity contribution in [2.24, 2.45) is 0 Å². The number of aromatic nitrogens is 4. The number of nitrogens with two attached hydrogens (primary N) is 1. The van der Waals surface area contributed by atoms with E-state index < -0.39 is 17.8 Å². The third-order valence-electron chi connectivity index (χ3n) is 4.70. The molecule has 12 heteroatoms. The molecule has 1 amide bonds. The smallest absolute Gasteiger partial charge is 0.433 e. The first kappa shape index (κ1) is 19.9. The maximum absolute atomic E-state index is 13.0. The van der Waals surface area contributed by atoms with Gasteiger partial charge in [0.2, 0.25) is 0 Å². The summed E-state index contributed by atoms with van der Waals surface area (Å²) in [6, 6.07) is 2.36. The summed E-state index contributed by atoms with van der Waals surface area (Å²) in [6.45, 7) is 1.63. The molecule has 9 nitrogen and oxygen atoms in total. The summed E-state index contributed by atoms with van der Waals surface area (Å²) in [5.41, 5.74) is 4.33. The van der Waals surface area contributed by atoms with Gasteiger partial charge in [0.15, 0.2) is 11.5 Å². The number of nitrogen functional groups attached to an aromatic ring is 1. The van der Waals surface area contributed by atoms with Crippen molar-refractivity contribution in [2.75, 3.05) is 31.2 Å². The fraction of sp³-hybridized carbons (Fsp3) is 0.333. The molecule has 158 valence electrons. The van der Waals surface area contributed by atoms with Crippen molar-refractivity contribution in [3.63, 3.8) is 0 Å². The summed E-state index contributed by atoms with van der Waals surface area (Å²) in [5, 5.41) is 6.46. The largest absolute Gasteiger partial charge is 0.487 e. The normalized spacial score (nSPS) is 17.4. The van der Waals surface area contributed by atoms with Gasteiger partial charge in [-0.15, -0.1) is 5.10 Å². The third kappa shape index (κ3) is 3.85. The van der Waals surface area contributed by atoms with Gasteiger partial charge in [-0.05, 0) is 19.5 Å². The minimum atomic E-state index is -4.67. The number of amides is 1. The first-order valence-corrected chi connectivity index (χ1v) is 9.05. The highest BCUT2D eigenvalue weighted by Gasteiger charge is 2.34. The molecule has 0 bridgehead atoms. The van der Waals surface area contributed by atoms with E-state index in [1.54, 1.807) is 6.07 Å². The number of halogens is 3. The van der Waals surface area contributed by atoms with Crippen molar-refractivity contribution in [2.45, 2.75) is 18.7 Å². The predicted molar refractivity (Wildman–Crippen MR) is 101 cm³/mol. The van der Waals surface area contributed by atoms with E-state index in [4.69, 9.17) is 10.5 Å². The number of alkyl halides is 3. The Morgan fingerprint density at radius 1 is 1.37 bits per heavy atom. The topological polar surface area (TPSA) is 111 Å².